The van der Waals surface area contributed by atoms with Gasteiger partial charge < -0.3 is 10.6 Å². The highest BCUT2D eigenvalue weighted by atomic mass is 19.4. The second-order valence-corrected chi connectivity index (χ2v) is 5.89. The summed E-state index contributed by atoms with van der Waals surface area (Å²) < 4.78 is 38.8. The van der Waals surface area contributed by atoms with E-state index < -0.39 is 17.6 Å². The molecule has 1 unspecified atom stereocenters. The van der Waals surface area contributed by atoms with Crippen molar-refractivity contribution in [3.63, 3.8) is 0 Å². The summed E-state index contributed by atoms with van der Waals surface area (Å²) in [6, 6.07) is 14.8. The van der Waals surface area contributed by atoms with Gasteiger partial charge in [0.2, 0.25) is 5.91 Å². The number of rotatable bonds is 7. The van der Waals surface area contributed by atoms with Gasteiger partial charge in [0.25, 0.3) is 0 Å². The van der Waals surface area contributed by atoms with Crippen LogP contribution in [-0.4, -0.2) is 18.5 Å². The van der Waals surface area contributed by atoms with Crippen molar-refractivity contribution in [3.8, 4) is 0 Å². The number of para-hydroxylation sites is 1. The Hall–Kier alpha value is -2.34. The van der Waals surface area contributed by atoms with Crippen LogP contribution >= 0.6 is 0 Å². The van der Waals surface area contributed by atoms with Crippen molar-refractivity contribution in [1.82, 2.24) is 5.32 Å². The van der Waals surface area contributed by atoms with Gasteiger partial charge in [0.15, 0.2) is 0 Å². The average molecular weight is 350 g/mol. The van der Waals surface area contributed by atoms with Gasteiger partial charge in [-0.1, -0.05) is 42.5 Å². The van der Waals surface area contributed by atoms with E-state index >= 15 is 0 Å². The predicted molar refractivity (Wildman–Crippen MR) is 92.3 cm³/mol. The van der Waals surface area contributed by atoms with Crippen LogP contribution in [0.5, 0.6) is 0 Å². The molecule has 6 heteroatoms. The standard InChI is InChI=1S/C19H21F3N2O/c1-14(23-12-11-15-7-3-2-4-8-15)13-18(25)24-17-10-6-5-9-16(17)19(20,21)22/h2-10,14,23H,11-13H2,1H3,(H,24,25). The summed E-state index contributed by atoms with van der Waals surface area (Å²) in [5.74, 6) is -0.448. The van der Waals surface area contributed by atoms with Crippen LogP contribution in [0, 0.1) is 0 Å². The number of carbonyl (C=O) groups is 1. The van der Waals surface area contributed by atoms with Crippen molar-refractivity contribution < 1.29 is 18.0 Å². The SMILES string of the molecule is CC(CC(=O)Nc1ccccc1C(F)(F)F)NCCc1ccccc1. The third kappa shape index (κ3) is 6.23. The summed E-state index contributed by atoms with van der Waals surface area (Å²) in [5.41, 5.74) is 0.135. The van der Waals surface area contributed by atoms with Gasteiger partial charge in [0, 0.05) is 12.5 Å². The fourth-order valence-electron chi connectivity index (χ4n) is 2.50. The number of halogens is 3. The lowest BCUT2D eigenvalue weighted by molar-refractivity contribution is -0.137. The average Bonchev–Trinajstić information content (AvgIpc) is 2.55. The lowest BCUT2D eigenvalue weighted by Gasteiger charge is -2.16. The third-order valence-electron chi connectivity index (χ3n) is 3.75. The van der Waals surface area contributed by atoms with Crippen molar-refractivity contribution >= 4 is 11.6 Å². The van der Waals surface area contributed by atoms with Crippen molar-refractivity contribution in [1.29, 1.82) is 0 Å². The van der Waals surface area contributed by atoms with Gasteiger partial charge >= 0.3 is 6.18 Å². The molecule has 1 amide bonds. The quantitative estimate of drug-likeness (QED) is 0.784. The zero-order valence-corrected chi connectivity index (χ0v) is 13.9. The van der Waals surface area contributed by atoms with E-state index in [1.54, 1.807) is 0 Å². The highest BCUT2D eigenvalue weighted by Crippen LogP contribution is 2.34. The molecule has 3 nitrogen and oxygen atoms in total. The number of amides is 1. The topological polar surface area (TPSA) is 41.1 Å². The van der Waals surface area contributed by atoms with Crippen LogP contribution in [0.1, 0.15) is 24.5 Å². The van der Waals surface area contributed by atoms with Crippen molar-refractivity contribution in [2.75, 3.05) is 11.9 Å². The number of benzene rings is 2. The first-order chi connectivity index (χ1) is 11.9. The van der Waals surface area contributed by atoms with Crippen LogP contribution < -0.4 is 10.6 Å². The Morgan fingerprint density at radius 2 is 1.68 bits per heavy atom. The molecule has 134 valence electrons. The van der Waals surface area contributed by atoms with Gasteiger partial charge in [-0.15, -0.1) is 0 Å². The van der Waals surface area contributed by atoms with E-state index in [4.69, 9.17) is 0 Å². The third-order valence-corrected chi connectivity index (χ3v) is 3.75. The first-order valence-electron chi connectivity index (χ1n) is 8.09. The van der Waals surface area contributed by atoms with E-state index in [2.05, 4.69) is 10.6 Å². The number of hydrogen-bond donors (Lipinski definition) is 2. The summed E-state index contributed by atoms with van der Waals surface area (Å²) in [7, 11) is 0. The zero-order chi connectivity index (χ0) is 18.3. The molecule has 0 radical (unpaired) electrons. The Morgan fingerprint density at radius 1 is 1.04 bits per heavy atom. The van der Waals surface area contributed by atoms with Crippen molar-refractivity contribution in [2.45, 2.75) is 32.0 Å². The number of anilines is 1. The van der Waals surface area contributed by atoms with Crippen LogP contribution in [0.2, 0.25) is 0 Å². The van der Waals surface area contributed by atoms with E-state index in [0.29, 0.717) is 6.54 Å². The molecule has 2 aromatic rings. The van der Waals surface area contributed by atoms with Crippen LogP contribution in [0.25, 0.3) is 0 Å². The number of carbonyl (C=O) groups excluding carboxylic acids is 1. The van der Waals surface area contributed by atoms with E-state index in [9.17, 15) is 18.0 Å². The lowest BCUT2D eigenvalue weighted by Crippen LogP contribution is -2.32. The van der Waals surface area contributed by atoms with Gasteiger partial charge in [-0.3, -0.25) is 4.79 Å². The van der Waals surface area contributed by atoms with Gasteiger partial charge in [-0.25, -0.2) is 0 Å². The smallest absolute Gasteiger partial charge is 0.325 e. The fraction of sp³-hybridized carbons (Fsp3) is 0.316. The molecule has 2 rings (SSSR count). The summed E-state index contributed by atoms with van der Waals surface area (Å²) >= 11 is 0. The van der Waals surface area contributed by atoms with Crippen molar-refractivity contribution in [2.24, 2.45) is 0 Å². The summed E-state index contributed by atoms with van der Waals surface area (Å²) in [6.07, 6.45) is -3.58. The Morgan fingerprint density at radius 3 is 2.36 bits per heavy atom. The number of alkyl halides is 3. The van der Waals surface area contributed by atoms with Gasteiger partial charge in [0.05, 0.1) is 11.3 Å². The highest BCUT2D eigenvalue weighted by Gasteiger charge is 2.33. The molecule has 0 aliphatic carbocycles. The Bertz CT molecular complexity index is 687. The monoisotopic (exact) mass is 350 g/mol. The minimum atomic E-state index is -4.50. The summed E-state index contributed by atoms with van der Waals surface area (Å²) in [4.78, 5) is 12.0. The Labute approximate surface area is 145 Å². The molecule has 1 atom stereocenters. The lowest BCUT2D eigenvalue weighted by atomic mass is 10.1. The molecular weight excluding hydrogens is 329 g/mol. The first kappa shape index (κ1) is 19.0. The maximum atomic E-state index is 12.9. The first-order valence-corrected chi connectivity index (χ1v) is 8.09. The maximum Gasteiger partial charge on any atom is 0.418 e. The normalized spacial score (nSPS) is 12.6. The molecule has 0 aliphatic heterocycles. The van der Waals surface area contributed by atoms with Crippen molar-refractivity contribution in [3.05, 3.63) is 65.7 Å². The molecular formula is C19H21F3N2O. The summed E-state index contributed by atoms with van der Waals surface area (Å²) in [6.45, 7) is 2.53. The largest absolute Gasteiger partial charge is 0.418 e. The second-order valence-electron chi connectivity index (χ2n) is 5.89. The van der Waals surface area contributed by atoms with E-state index in [0.717, 1.165) is 12.5 Å². The molecule has 0 heterocycles. The molecule has 0 saturated heterocycles. The van der Waals surface area contributed by atoms with Crippen LogP contribution in [-0.2, 0) is 17.4 Å². The number of hydrogen-bond acceptors (Lipinski definition) is 2. The second kappa shape index (κ2) is 8.67. The molecule has 0 aromatic heterocycles. The highest BCUT2D eigenvalue weighted by molar-refractivity contribution is 5.92. The molecule has 25 heavy (non-hydrogen) atoms. The van der Waals surface area contributed by atoms with Gasteiger partial charge in [0.1, 0.15) is 0 Å². The van der Waals surface area contributed by atoms with E-state index in [1.165, 1.54) is 23.8 Å². The predicted octanol–water partition coefficient (Wildman–Crippen LogP) is 4.25. The maximum absolute atomic E-state index is 12.9. The van der Waals surface area contributed by atoms with E-state index in [1.807, 2.05) is 37.3 Å². The molecule has 0 fully saturated rings. The molecule has 0 bridgehead atoms. The minimum Gasteiger partial charge on any atom is -0.325 e. The minimum absolute atomic E-state index is 0.0982. The fourth-order valence-corrected chi connectivity index (χ4v) is 2.50. The Kier molecular flexibility index (Phi) is 6.58. The van der Waals surface area contributed by atoms with Crippen LogP contribution in [0.15, 0.2) is 54.6 Å². The van der Waals surface area contributed by atoms with Gasteiger partial charge in [-0.05, 0) is 37.6 Å². The molecule has 2 N–H and O–H groups in total. The Balaban J connectivity index is 1.82. The molecule has 0 spiro atoms. The van der Waals surface area contributed by atoms with Crippen LogP contribution in [0.3, 0.4) is 0 Å². The molecule has 0 saturated carbocycles. The van der Waals surface area contributed by atoms with Gasteiger partial charge in [-0.2, -0.15) is 13.2 Å². The molecule has 0 aliphatic rings. The summed E-state index contributed by atoms with van der Waals surface area (Å²) in [5, 5.41) is 5.57. The molecule has 2 aromatic carbocycles. The van der Waals surface area contributed by atoms with Crippen LogP contribution in [0.4, 0.5) is 18.9 Å². The van der Waals surface area contributed by atoms with E-state index in [-0.39, 0.29) is 18.2 Å². The zero-order valence-electron chi connectivity index (χ0n) is 13.9. The number of nitrogens with one attached hydrogen (secondary N) is 2.